The number of benzene rings is 2. The van der Waals surface area contributed by atoms with Crippen molar-refractivity contribution < 1.29 is 19.1 Å². The number of carbonyl (C=O) groups excluding carboxylic acids is 3. The summed E-state index contributed by atoms with van der Waals surface area (Å²) < 4.78 is 5.13. The van der Waals surface area contributed by atoms with Gasteiger partial charge in [-0.25, -0.2) is 4.79 Å². The molecule has 3 rings (SSSR count). The Balaban J connectivity index is 1.55. The third-order valence-corrected chi connectivity index (χ3v) is 4.35. The van der Waals surface area contributed by atoms with Gasteiger partial charge in [-0.2, -0.15) is 0 Å². The van der Waals surface area contributed by atoms with Crippen molar-refractivity contribution >= 4 is 29.2 Å². The van der Waals surface area contributed by atoms with Gasteiger partial charge in [0.2, 0.25) is 5.91 Å². The van der Waals surface area contributed by atoms with Crippen LogP contribution < -0.4 is 5.32 Å². The Kier molecular flexibility index (Phi) is 5.59. The average Bonchev–Trinajstić information content (AvgIpc) is 2.91. The zero-order chi connectivity index (χ0) is 20.3. The largest absolute Gasteiger partial charge is 0.459 e. The minimum Gasteiger partial charge on any atom is -0.459 e. The van der Waals surface area contributed by atoms with Crippen molar-refractivity contribution in [3.05, 3.63) is 71.8 Å². The molecule has 1 heterocycles. The number of fused-ring (bicyclic) bond motifs is 1. The Bertz CT molecular complexity index is 897. The standard InChI is InChI=1S/C22H22N2O4/c1-14(2)28-22(27)16-8-10-17(11-9-16)23-20(25)12-13-24-15(3)18-6-4-5-7-19(18)21(24)26/h4-11,14H,3,12-13H2,1-2H3,(H,23,25). The Morgan fingerprint density at radius 1 is 1.07 bits per heavy atom. The van der Waals surface area contributed by atoms with Crippen LogP contribution in [-0.2, 0) is 9.53 Å². The van der Waals surface area contributed by atoms with Gasteiger partial charge < -0.3 is 15.0 Å². The van der Waals surface area contributed by atoms with Crippen LogP contribution in [0.3, 0.4) is 0 Å². The molecule has 1 N–H and O–H groups in total. The molecule has 0 atom stereocenters. The van der Waals surface area contributed by atoms with Crippen LogP contribution in [0.1, 0.15) is 46.5 Å². The molecule has 2 aromatic carbocycles. The van der Waals surface area contributed by atoms with Crippen LogP contribution in [0.2, 0.25) is 0 Å². The lowest BCUT2D eigenvalue weighted by atomic mass is 10.1. The van der Waals surface area contributed by atoms with Crippen molar-refractivity contribution in [2.24, 2.45) is 0 Å². The lowest BCUT2D eigenvalue weighted by Crippen LogP contribution is -2.27. The van der Waals surface area contributed by atoms with E-state index in [9.17, 15) is 14.4 Å². The maximum Gasteiger partial charge on any atom is 0.338 e. The monoisotopic (exact) mass is 378 g/mol. The Morgan fingerprint density at radius 2 is 1.71 bits per heavy atom. The van der Waals surface area contributed by atoms with Gasteiger partial charge in [-0.1, -0.05) is 24.8 Å². The van der Waals surface area contributed by atoms with Gasteiger partial charge >= 0.3 is 5.97 Å². The van der Waals surface area contributed by atoms with E-state index in [2.05, 4.69) is 11.9 Å². The van der Waals surface area contributed by atoms with Crippen LogP contribution in [-0.4, -0.2) is 35.3 Å². The van der Waals surface area contributed by atoms with Crippen molar-refractivity contribution in [3.8, 4) is 0 Å². The fraction of sp³-hybridized carbons (Fsp3) is 0.227. The molecule has 144 valence electrons. The highest BCUT2D eigenvalue weighted by molar-refractivity contribution is 6.09. The second-order valence-corrected chi connectivity index (χ2v) is 6.78. The normalized spacial score (nSPS) is 12.9. The Labute approximate surface area is 163 Å². The van der Waals surface area contributed by atoms with Gasteiger partial charge in [0.25, 0.3) is 5.91 Å². The summed E-state index contributed by atoms with van der Waals surface area (Å²) in [6, 6.07) is 13.8. The molecule has 6 heteroatoms. The summed E-state index contributed by atoms with van der Waals surface area (Å²) in [5.74, 6) is -0.769. The van der Waals surface area contributed by atoms with E-state index in [-0.39, 0.29) is 30.9 Å². The molecule has 1 aliphatic heterocycles. The van der Waals surface area contributed by atoms with Gasteiger partial charge in [-0.15, -0.1) is 0 Å². The number of anilines is 1. The van der Waals surface area contributed by atoms with E-state index in [1.807, 2.05) is 12.1 Å². The van der Waals surface area contributed by atoms with Crippen LogP contribution in [0.4, 0.5) is 5.69 Å². The van der Waals surface area contributed by atoms with Crippen LogP contribution >= 0.6 is 0 Å². The third-order valence-electron chi connectivity index (χ3n) is 4.35. The molecule has 2 amide bonds. The number of carbonyl (C=O) groups is 3. The molecule has 1 aliphatic rings. The number of esters is 1. The number of hydrogen-bond donors (Lipinski definition) is 1. The number of rotatable bonds is 6. The molecule has 0 bridgehead atoms. The van der Waals surface area contributed by atoms with Crippen molar-refractivity contribution in [1.29, 1.82) is 0 Å². The van der Waals surface area contributed by atoms with E-state index in [1.165, 1.54) is 4.90 Å². The highest BCUT2D eigenvalue weighted by atomic mass is 16.5. The zero-order valence-corrected chi connectivity index (χ0v) is 15.9. The van der Waals surface area contributed by atoms with Crippen LogP contribution in [0, 0.1) is 0 Å². The first-order chi connectivity index (χ1) is 13.4. The van der Waals surface area contributed by atoms with Gasteiger partial charge in [0, 0.05) is 35.5 Å². The SMILES string of the molecule is C=C1c2ccccc2C(=O)N1CCC(=O)Nc1ccc(C(=O)OC(C)C)cc1. The Morgan fingerprint density at radius 3 is 2.32 bits per heavy atom. The van der Waals surface area contributed by atoms with E-state index < -0.39 is 5.97 Å². The first-order valence-corrected chi connectivity index (χ1v) is 9.08. The molecular formula is C22H22N2O4. The van der Waals surface area contributed by atoms with Gasteiger partial charge in [-0.05, 0) is 44.2 Å². The fourth-order valence-corrected chi connectivity index (χ4v) is 2.98. The van der Waals surface area contributed by atoms with Gasteiger partial charge in [0.05, 0.1) is 11.7 Å². The molecule has 0 fully saturated rings. The number of nitrogens with one attached hydrogen (secondary N) is 1. The summed E-state index contributed by atoms with van der Waals surface area (Å²) in [4.78, 5) is 38.1. The van der Waals surface area contributed by atoms with E-state index in [0.29, 0.717) is 22.5 Å². The third kappa shape index (κ3) is 4.11. The Hall–Kier alpha value is -3.41. The van der Waals surface area contributed by atoms with Gasteiger partial charge in [-0.3, -0.25) is 9.59 Å². The van der Waals surface area contributed by atoms with Crippen LogP contribution in [0.15, 0.2) is 55.1 Å². The molecule has 0 radical (unpaired) electrons. The van der Waals surface area contributed by atoms with Crippen LogP contribution in [0.25, 0.3) is 5.70 Å². The summed E-state index contributed by atoms with van der Waals surface area (Å²) in [7, 11) is 0. The summed E-state index contributed by atoms with van der Waals surface area (Å²) >= 11 is 0. The molecule has 0 saturated carbocycles. The van der Waals surface area contributed by atoms with Crippen LogP contribution in [0.5, 0.6) is 0 Å². The maximum absolute atomic E-state index is 12.4. The lowest BCUT2D eigenvalue weighted by molar-refractivity contribution is -0.116. The molecule has 28 heavy (non-hydrogen) atoms. The molecule has 6 nitrogen and oxygen atoms in total. The van der Waals surface area contributed by atoms with E-state index in [1.54, 1.807) is 50.2 Å². The quantitative estimate of drug-likeness (QED) is 0.778. The molecular weight excluding hydrogens is 356 g/mol. The predicted octanol–water partition coefficient (Wildman–Crippen LogP) is 3.71. The van der Waals surface area contributed by atoms with Crippen molar-refractivity contribution in [3.63, 3.8) is 0 Å². The minimum absolute atomic E-state index is 0.135. The highest BCUT2D eigenvalue weighted by Gasteiger charge is 2.30. The lowest BCUT2D eigenvalue weighted by Gasteiger charge is -2.17. The first-order valence-electron chi connectivity index (χ1n) is 9.08. The number of hydrogen-bond acceptors (Lipinski definition) is 4. The fourth-order valence-electron chi connectivity index (χ4n) is 2.98. The zero-order valence-electron chi connectivity index (χ0n) is 15.9. The molecule has 0 aliphatic carbocycles. The van der Waals surface area contributed by atoms with E-state index >= 15 is 0 Å². The van der Waals surface area contributed by atoms with E-state index in [4.69, 9.17) is 4.74 Å². The van der Waals surface area contributed by atoms with Crippen molar-refractivity contribution in [2.45, 2.75) is 26.4 Å². The summed E-state index contributed by atoms with van der Waals surface area (Å²) in [5.41, 5.74) is 3.01. The molecule has 0 unspecified atom stereocenters. The summed E-state index contributed by atoms with van der Waals surface area (Å²) in [6.07, 6.45) is -0.0586. The topological polar surface area (TPSA) is 75.7 Å². The number of ether oxygens (including phenoxy) is 1. The average molecular weight is 378 g/mol. The van der Waals surface area contributed by atoms with Gasteiger partial charge in [0.1, 0.15) is 0 Å². The highest BCUT2D eigenvalue weighted by Crippen LogP contribution is 2.31. The molecule has 0 spiro atoms. The van der Waals surface area contributed by atoms with E-state index in [0.717, 1.165) is 5.56 Å². The minimum atomic E-state index is -0.404. The first kappa shape index (κ1) is 19.4. The molecule has 2 aromatic rings. The van der Waals surface area contributed by atoms with Gasteiger partial charge in [0.15, 0.2) is 0 Å². The van der Waals surface area contributed by atoms with Crippen molar-refractivity contribution in [1.82, 2.24) is 4.90 Å². The summed E-state index contributed by atoms with van der Waals surface area (Å²) in [5, 5.41) is 2.76. The smallest absolute Gasteiger partial charge is 0.338 e. The molecule has 0 aromatic heterocycles. The number of nitrogens with zero attached hydrogens (tertiary/aromatic N) is 1. The summed E-state index contributed by atoms with van der Waals surface area (Å²) in [6.45, 7) is 7.78. The predicted molar refractivity (Wildman–Crippen MR) is 107 cm³/mol. The maximum atomic E-state index is 12.4. The number of amides is 2. The second kappa shape index (κ2) is 8.08. The van der Waals surface area contributed by atoms with Crippen molar-refractivity contribution in [2.75, 3.05) is 11.9 Å². The molecule has 0 saturated heterocycles. The second-order valence-electron chi connectivity index (χ2n) is 6.78.